The highest BCUT2D eigenvalue weighted by atomic mass is 16.4. The van der Waals surface area contributed by atoms with Gasteiger partial charge in [0, 0.05) is 11.1 Å². The van der Waals surface area contributed by atoms with Crippen LogP contribution in [0, 0.1) is 0 Å². The number of carbonyl (C=O) groups excluding carboxylic acids is 2. The molecule has 2 aromatic carbocycles. The zero-order valence-corrected chi connectivity index (χ0v) is 10.4. The van der Waals surface area contributed by atoms with Gasteiger partial charge in [0.25, 0.3) is 11.8 Å². The maximum absolute atomic E-state index is 12.1. The van der Waals surface area contributed by atoms with Crippen molar-refractivity contribution in [2.24, 2.45) is 0 Å². The molecule has 0 saturated carbocycles. The normalized spacial score (nSPS) is 9.80. The summed E-state index contributed by atoms with van der Waals surface area (Å²) in [6.07, 6.45) is -1.60. The molecule has 2 aromatic rings. The molecular formula is C15H11NO4. The molecule has 1 N–H and O–H groups in total. The predicted molar refractivity (Wildman–Crippen MR) is 71.4 cm³/mol. The second-order valence-corrected chi connectivity index (χ2v) is 3.96. The van der Waals surface area contributed by atoms with E-state index in [1.165, 1.54) is 24.3 Å². The zero-order valence-electron chi connectivity index (χ0n) is 10.4. The number of carboxylic acid groups (broad SMARTS) is 1. The summed E-state index contributed by atoms with van der Waals surface area (Å²) in [5.41, 5.74) is 0.276. The topological polar surface area (TPSA) is 74.7 Å². The van der Waals surface area contributed by atoms with Crippen LogP contribution in [0.15, 0.2) is 60.7 Å². The number of nitrogens with zero attached hydrogens (tertiary/aromatic N) is 1. The van der Waals surface area contributed by atoms with E-state index < -0.39 is 17.9 Å². The first-order valence-corrected chi connectivity index (χ1v) is 5.83. The van der Waals surface area contributed by atoms with Gasteiger partial charge in [-0.1, -0.05) is 36.4 Å². The predicted octanol–water partition coefficient (Wildman–Crippen LogP) is 2.65. The molecule has 0 bridgehead atoms. The molecule has 3 amide bonds. The Kier molecular flexibility index (Phi) is 3.91. The highest BCUT2D eigenvalue weighted by Gasteiger charge is 2.29. The lowest BCUT2D eigenvalue weighted by molar-refractivity contribution is 0.0615. The maximum Gasteiger partial charge on any atom is 0.421 e. The van der Waals surface area contributed by atoms with Gasteiger partial charge in [-0.25, -0.2) is 4.79 Å². The average molecular weight is 269 g/mol. The molecule has 2 rings (SSSR count). The van der Waals surface area contributed by atoms with Gasteiger partial charge in [-0.2, -0.15) is 4.90 Å². The van der Waals surface area contributed by atoms with Crippen molar-refractivity contribution in [3.05, 3.63) is 71.8 Å². The van der Waals surface area contributed by atoms with Gasteiger partial charge in [-0.3, -0.25) is 9.59 Å². The third kappa shape index (κ3) is 2.72. The SMILES string of the molecule is O=C(O)N(C(=O)c1ccccc1)C(=O)c1ccccc1. The lowest BCUT2D eigenvalue weighted by atomic mass is 10.1. The Bertz CT molecular complexity index is 586. The minimum Gasteiger partial charge on any atom is -0.464 e. The highest BCUT2D eigenvalue weighted by Crippen LogP contribution is 2.10. The summed E-state index contributed by atoms with van der Waals surface area (Å²) < 4.78 is 0. The third-order valence-electron chi connectivity index (χ3n) is 2.64. The van der Waals surface area contributed by atoms with Crippen molar-refractivity contribution in [3.8, 4) is 0 Å². The van der Waals surface area contributed by atoms with Gasteiger partial charge in [-0.05, 0) is 24.3 Å². The van der Waals surface area contributed by atoms with E-state index in [2.05, 4.69) is 0 Å². The number of carbonyl (C=O) groups is 3. The fourth-order valence-corrected chi connectivity index (χ4v) is 1.69. The average Bonchev–Trinajstić information content (AvgIpc) is 2.48. The first-order chi connectivity index (χ1) is 9.61. The maximum atomic E-state index is 12.1. The number of rotatable bonds is 2. The Balaban J connectivity index is 2.36. The number of imide groups is 3. The van der Waals surface area contributed by atoms with Crippen LogP contribution in [-0.4, -0.2) is 27.9 Å². The van der Waals surface area contributed by atoms with Crippen LogP contribution in [0.3, 0.4) is 0 Å². The highest BCUT2D eigenvalue weighted by molar-refractivity contribution is 6.18. The van der Waals surface area contributed by atoms with Crippen LogP contribution in [-0.2, 0) is 0 Å². The monoisotopic (exact) mass is 269 g/mol. The van der Waals surface area contributed by atoms with E-state index in [0.29, 0.717) is 0 Å². The molecule has 0 heterocycles. The van der Waals surface area contributed by atoms with Crippen molar-refractivity contribution < 1.29 is 19.5 Å². The summed E-state index contributed by atoms with van der Waals surface area (Å²) in [6.45, 7) is 0. The van der Waals surface area contributed by atoms with Crippen LogP contribution in [0.1, 0.15) is 20.7 Å². The van der Waals surface area contributed by atoms with Crippen molar-refractivity contribution in [2.75, 3.05) is 0 Å². The molecule has 5 heteroatoms. The molecule has 100 valence electrons. The lowest BCUT2D eigenvalue weighted by Crippen LogP contribution is -2.40. The van der Waals surface area contributed by atoms with E-state index >= 15 is 0 Å². The number of hydrogen-bond donors (Lipinski definition) is 1. The molecule has 0 spiro atoms. The van der Waals surface area contributed by atoms with Gasteiger partial charge in [0.2, 0.25) is 0 Å². The van der Waals surface area contributed by atoms with Crippen molar-refractivity contribution in [1.82, 2.24) is 4.90 Å². The fraction of sp³-hybridized carbons (Fsp3) is 0. The summed E-state index contributed by atoms with van der Waals surface area (Å²) in [6, 6.07) is 15.6. The van der Waals surface area contributed by atoms with E-state index in [0.717, 1.165) is 0 Å². The number of hydrogen-bond acceptors (Lipinski definition) is 3. The Morgan fingerprint density at radius 3 is 1.35 bits per heavy atom. The fourth-order valence-electron chi connectivity index (χ4n) is 1.69. The summed E-state index contributed by atoms with van der Waals surface area (Å²) in [5, 5.41) is 9.12. The number of benzene rings is 2. The van der Waals surface area contributed by atoms with E-state index in [1.807, 2.05) is 0 Å². The molecule has 0 aliphatic carbocycles. The van der Waals surface area contributed by atoms with Crippen LogP contribution >= 0.6 is 0 Å². The zero-order chi connectivity index (χ0) is 14.5. The molecule has 0 aliphatic rings. The first kappa shape index (κ1) is 13.5. The summed E-state index contributed by atoms with van der Waals surface area (Å²) in [5.74, 6) is -1.74. The van der Waals surface area contributed by atoms with Crippen LogP contribution in [0.2, 0.25) is 0 Å². The van der Waals surface area contributed by atoms with Crippen molar-refractivity contribution in [1.29, 1.82) is 0 Å². The van der Waals surface area contributed by atoms with Gasteiger partial charge in [-0.15, -0.1) is 0 Å². The van der Waals surface area contributed by atoms with Crippen LogP contribution < -0.4 is 0 Å². The van der Waals surface area contributed by atoms with Gasteiger partial charge in [0.15, 0.2) is 0 Å². The van der Waals surface area contributed by atoms with Gasteiger partial charge in [0.05, 0.1) is 0 Å². The van der Waals surface area contributed by atoms with E-state index in [4.69, 9.17) is 5.11 Å². The molecule has 0 unspecified atom stereocenters. The molecule has 0 aliphatic heterocycles. The number of amides is 3. The summed E-state index contributed by atoms with van der Waals surface area (Å²) >= 11 is 0. The van der Waals surface area contributed by atoms with Crippen molar-refractivity contribution in [3.63, 3.8) is 0 Å². The minimum absolute atomic E-state index is 0.138. The van der Waals surface area contributed by atoms with Gasteiger partial charge < -0.3 is 5.11 Å². The molecule has 5 nitrogen and oxygen atoms in total. The van der Waals surface area contributed by atoms with Gasteiger partial charge >= 0.3 is 6.09 Å². The van der Waals surface area contributed by atoms with Crippen molar-refractivity contribution >= 4 is 17.9 Å². The summed E-state index contributed by atoms with van der Waals surface area (Å²) in [4.78, 5) is 35.7. The molecule has 0 saturated heterocycles. The van der Waals surface area contributed by atoms with E-state index in [9.17, 15) is 14.4 Å². The Morgan fingerprint density at radius 2 is 1.05 bits per heavy atom. The molecule has 0 radical (unpaired) electrons. The van der Waals surface area contributed by atoms with E-state index in [-0.39, 0.29) is 16.0 Å². The van der Waals surface area contributed by atoms with Crippen molar-refractivity contribution in [2.45, 2.75) is 0 Å². The first-order valence-electron chi connectivity index (χ1n) is 5.83. The molecular weight excluding hydrogens is 258 g/mol. The van der Waals surface area contributed by atoms with E-state index in [1.54, 1.807) is 36.4 Å². The molecule has 0 atom stereocenters. The molecule has 0 fully saturated rings. The van der Waals surface area contributed by atoms with Crippen LogP contribution in [0.25, 0.3) is 0 Å². The second-order valence-electron chi connectivity index (χ2n) is 3.96. The third-order valence-corrected chi connectivity index (χ3v) is 2.64. The summed E-state index contributed by atoms with van der Waals surface area (Å²) in [7, 11) is 0. The standard InChI is InChI=1S/C15H11NO4/c17-13(11-7-3-1-4-8-11)16(15(19)20)14(18)12-9-5-2-6-10-12/h1-10H,(H,19,20). The molecule has 20 heavy (non-hydrogen) atoms. The Morgan fingerprint density at radius 1 is 0.700 bits per heavy atom. The quantitative estimate of drug-likeness (QED) is 0.850. The lowest BCUT2D eigenvalue weighted by Gasteiger charge is -2.15. The van der Waals surface area contributed by atoms with Crippen LogP contribution in [0.4, 0.5) is 4.79 Å². The largest absolute Gasteiger partial charge is 0.464 e. The second kappa shape index (κ2) is 5.79. The molecule has 0 aromatic heterocycles. The Labute approximate surface area is 115 Å². The minimum atomic E-state index is -1.60. The van der Waals surface area contributed by atoms with Crippen LogP contribution in [0.5, 0.6) is 0 Å². The smallest absolute Gasteiger partial charge is 0.421 e. The van der Waals surface area contributed by atoms with Gasteiger partial charge in [0.1, 0.15) is 0 Å². The Hall–Kier alpha value is -2.95.